The van der Waals surface area contributed by atoms with Crippen molar-refractivity contribution in [2.45, 2.75) is 13.8 Å². The molecule has 3 amide bonds. The van der Waals surface area contributed by atoms with Gasteiger partial charge in [-0.2, -0.15) is 0 Å². The van der Waals surface area contributed by atoms with Gasteiger partial charge in [0.15, 0.2) is 0 Å². The minimum absolute atomic E-state index is 0.0177. The van der Waals surface area contributed by atoms with Crippen LogP contribution in [-0.2, 0) is 9.59 Å². The number of rotatable bonds is 7. The van der Waals surface area contributed by atoms with Gasteiger partial charge in [0.1, 0.15) is 0 Å². The van der Waals surface area contributed by atoms with Crippen LogP contribution in [0.25, 0.3) is 0 Å². The zero-order valence-corrected chi connectivity index (χ0v) is 14.8. The normalized spacial score (nSPS) is 10.3. The topological polar surface area (TPSA) is 90.5 Å². The monoisotopic (exact) mass is 384 g/mol. The molecule has 1 rings (SSSR count). The molecule has 0 heterocycles. The van der Waals surface area contributed by atoms with Crippen molar-refractivity contribution in [2.75, 3.05) is 26.2 Å². The molecule has 0 atom stereocenters. The van der Waals surface area contributed by atoms with Gasteiger partial charge in [-0.15, -0.1) is 0 Å². The van der Waals surface area contributed by atoms with Gasteiger partial charge in [-0.1, -0.05) is 19.1 Å². The molecule has 0 fully saturated rings. The minimum atomic E-state index is -0.419. The van der Waals surface area contributed by atoms with E-state index in [2.05, 4.69) is 32.1 Å². The molecule has 3 N–H and O–H groups in total. The molecule has 0 radical (unpaired) electrons. The SMILES string of the molecule is CCNC(=O)CN(CC)CC(=O)NNC(=O)c1ccccc1Br. The molecule has 23 heavy (non-hydrogen) atoms. The Hall–Kier alpha value is -1.93. The molecule has 0 aromatic heterocycles. The molecule has 126 valence electrons. The van der Waals surface area contributed by atoms with Crippen LogP contribution in [0.3, 0.4) is 0 Å². The molecule has 0 aliphatic rings. The van der Waals surface area contributed by atoms with E-state index in [1.807, 2.05) is 13.8 Å². The first kappa shape index (κ1) is 19.1. The van der Waals surface area contributed by atoms with Crippen molar-refractivity contribution in [3.63, 3.8) is 0 Å². The summed E-state index contributed by atoms with van der Waals surface area (Å²) in [6.07, 6.45) is 0. The van der Waals surface area contributed by atoms with Crippen LogP contribution in [0.4, 0.5) is 0 Å². The van der Waals surface area contributed by atoms with E-state index in [1.165, 1.54) is 0 Å². The van der Waals surface area contributed by atoms with E-state index in [4.69, 9.17) is 0 Å². The summed E-state index contributed by atoms with van der Waals surface area (Å²) in [6, 6.07) is 6.90. The Balaban J connectivity index is 2.45. The van der Waals surface area contributed by atoms with Crippen LogP contribution in [0.2, 0.25) is 0 Å². The van der Waals surface area contributed by atoms with Crippen LogP contribution < -0.4 is 16.2 Å². The summed E-state index contributed by atoms with van der Waals surface area (Å²) in [4.78, 5) is 37.0. The second-order valence-electron chi connectivity index (χ2n) is 4.74. The highest BCUT2D eigenvalue weighted by molar-refractivity contribution is 9.10. The highest BCUT2D eigenvalue weighted by Gasteiger charge is 2.14. The van der Waals surface area contributed by atoms with Crippen LogP contribution in [0.5, 0.6) is 0 Å². The highest BCUT2D eigenvalue weighted by atomic mass is 79.9. The van der Waals surface area contributed by atoms with Crippen molar-refractivity contribution in [1.82, 2.24) is 21.1 Å². The van der Waals surface area contributed by atoms with E-state index in [9.17, 15) is 14.4 Å². The zero-order valence-electron chi connectivity index (χ0n) is 13.2. The lowest BCUT2D eigenvalue weighted by atomic mass is 10.2. The third kappa shape index (κ3) is 6.79. The molecule has 0 aliphatic heterocycles. The fourth-order valence-corrected chi connectivity index (χ4v) is 2.28. The summed E-state index contributed by atoms with van der Waals surface area (Å²) in [7, 11) is 0. The standard InChI is InChI=1S/C15H21BrN4O3/c1-3-17-13(21)9-20(4-2)10-14(22)18-19-15(23)11-7-5-6-8-12(11)16/h5-8H,3-4,9-10H2,1-2H3,(H,17,21)(H,18,22)(H,19,23). The Morgan fingerprint density at radius 3 is 2.30 bits per heavy atom. The van der Waals surface area contributed by atoms with Crippen LogP contribution >= 0.6 is 15.9 Å². The van der Waals surface area contributed by atoms with Gasteiger partial charge in [-0.05, 0) is 41.5 Å². The first-order chi connectivity index (χ1) is 11.0. The number of hydrazine groups is 1. The molecule has 1 aromatic carbocycles. The molecule has 0 saturated carbocycles. The van der Waals surface area contributed by atoms with Crippen LogP contribution in [0, 0.1) is 0 Å². The maximum Gasteiger partial charge on any atom is 0.270 e. The minimum Gasteiger partial charge on any atom is -0.355 e. The summed E-state index contributed by atoms with van der Waals surface area (Å²) in [5.41, 5.74) is 5.12. The molecule has 0 spiro atoms. The van der Waals surface area contributed by atoms with Crippen LogP contribution in [-0.4, -0.2) is 48.8 Å². The second-order valence-corrected chi connectivity index (χ2v) is 5.59. The lowest BCUT2D eigenvalue weighted by molar-refractivity contribution is -0.125. The Kier molecular flexibility index (Phi) is 8.28. The predicted molar refractivity (Wildman–Crippen MR) is 90.5 cm³/mol. The summed E-state index contributed by atoms with van der Waals surface area (Å²) in [6.45, 7) is 4.93. The lowest BCUT2D eigenvalue weighted by Gasteiger charge is -2.19. The molecule has 0 unspecified atom stereocenters. The number of likely N-dealkylation sites (N-methyl/N-ethyl adjacent to an activating group) is 2. The van der Waals surface area contributed by atoms with E-state index in [1.54, 1.807) is 29.2 Å². The van der Waals surface area contributed by atoms with Crippen molar-refractivity contribution < 1.29 is 14.4 Å². The number of hydrogen-bond donors (Lipinski definition) is 3. The predicted octanol–water partition coefficient (Wildman–Crippen LogP) is 0.668. The smallest absolute Gasteiger partial charge is 0.270 e. The van der Waals surface area contributed by atoms with Gasteiger partial charge in [0.25, 0.3) is 11.8 Å². The van der Waals surface area contributed by atoms with Gasteiger partial charge in [-0.3, -0.25) is 30.1 Å². The summed E-state index contributed by atoms with van der Waals surface area (Å²) < 4.78 is 0.637. The molecular formula is C15H21BrN4O3. The van der Waals surface area contributed by atoms with Crippen molar-refractivity contribution in [3.8, 4) is 0 Å². The quantitative estimate of drug-likeness (QED) is 0.602. The van der Waals surface area contributed by atoms with Gasteiger partial charge in [0.2, 0.25) is 5.91 Å². The number of carbonyl (C=O) groups excluding carboxylic acids is 3. The molecule has 1 aromatic rings. The number of carbonyl (C=O) groups is 3. The van der Waals surface area contributed by atoms with Gasteiger partial charge in [0.05, 0.1) is 18.7 Å². The van der Waals surface area contributed by atoms with Gasteiger partial charge in [-0.25, -0.2) is 0 Å². The lowest BCUT2D eigenvalue weighted by Crippen LogP contribution is -2.48. The zero-order chi connectivity index (χ0) is 17.2. The molecule has 7 nitrogen and oxygen atoms in total. The van der Waals surface area contributed by atoms with E-state index in [0.29, 0.717) is 23.1 Å². The largest absolute Gasteiger partial charge is 0.355 e. The third-order valence-electron chi connectivity index (χ3n) is 2.99. The first-order valence-corrected chi connectivity index (χ1v) is 8.10. The number of halogens is 1. The van der Waals surface area contributed by atoms with E-state index >= 15 is 0 Å². The molecule has 8 heteroatoms. The summed E-state index contributed by atoms with van der Waals surface area (Å²) >= 11 is 3.27. The summed E-state index contributed by atoms with van der Waals surface area (Å²) in [5.74, 6) is -0.950. The van der Waals surface area contributed by atoms with E-state index in [-0.39, 0.29) is 19.0 Å². The van der Waals surface area contributed by atoms with Crippen LogP contribution in [0.15, 0.2) is 28.7 Å². The van der Waals surface area contributed by atoms with Crippen molar-refractivity contribution in [3.05, 3.63) is 34.3 Å². The van der Waals surface area contributed by atoms with Crippen molar-refractivity contribution in [1.29, 1.82) is 0 Å². The first-order valence-electron chi connectivity index (χ1n) is 7.30. The van der Waals surface area contributed by atoms with E-state index < -0.39 is 11.8 Å². The maximum absolute atomic E-state index is 12.0. The fourth-order valence-electron chi connectivity index (χ4n) is 1.82. The van der Waals surface area contributed by atoms with Gasteiger partial charge in [0, 0.05) is 11.0 Å². The third-order valence-corrected chi connectivity index (χ3v) is 3.68. The molecule has 0 saturated heterocycles. The second kappa shape index (κ2) is 9.96. The Morgan fingerprint density at radius 2 is 1.70 bits per heavy atom. The average molecular weight is 385 g/mol. The van der Waals surface area contributed by atoms with Crippen molar-refractivity contribution >= 4 is 33.7 Å². The van der Waals surface area contributed by atoms with Gasteiger partial charge >= 0.3 is 0 Å². The number of nitrogens with zero attached hydrogens (tertiary/aromatic N) is 1. The van der Waals surface area contributed by atoms with Gasteiger partial charge < -0.3 is 5.32 Å². The highest BCUT2D eigenvalue weighted by Crippen LogP contribution is 2.14. The Morgan fingerprint density at radius 1 is 1.04 bits per heavy atom. The number of nitrogens with one attached hydrogen (secondary N) is 3. The maximum atomic E-state index is 12.0. The number of amides is 3. The molecular weight excluding hydrogens is 364 g/mol. The molecule has 0 aliphatic carbocycles. The van der Waals surface area contributed by atoms with E-state index in [0.717, 1.165) is 0 Å². The Labute approximate surface area is 143 Å². The number of benzene rings is 1. The molecule has 0 bridgehead atoms. The average Bonchev–Trinajstić information content (AvgIpc) is 2.52. The Bertz CT molecular complexity index is 565. The summed E-state index contributed by atoms with van der Waals surface area (Å²) in [5, 5.41) is 2.67. The van der Waals surface area contributed by atoms with Crippen molar-refractivity contribution in [2.24, 2.45) is 0 Å². The number of hydrogen-bond acceptors (Lipinski definition) is 4. The fraction of sp³-hybridized carbons (Fsp3) is 0.400. The van der Waals surface area contributed by atoms with Crippen LogP contribution in [0.1, 0.15) is 24.2 Å².